The second kappa shape index (κ2) is 20.0. The maximum atomic E-state index is 14.8. The number of esters is 1. The highest BCUT2D eigenvalue weighted by molar-refractivity contribution is 6.34. The number of piperazine rings is 1. The molecular weight excluding hydrogens is 922 g/mol. The zero-order chi connectivity index (χ0) is 46.0. The number of likely N-dealkylation sites (tertiary alicyclic amines) is 2. The Labute approximate surface area is 387 Å². The molecule has 1 aromatic heterocycles. The highest BCUT2D eigenvalue weighted by Gasteiger charge is 2.52. The van der Waals surface area contributed by atoms with Gasteiger partial charge in [-0.3, -0.25) is 9.59 Å². The minimum Gasteiger partial charge on any atom is -1.00 e. The maximum Gasteiger partial charge on any atom is 0.407 e. The number of aromatic nitrogens is 2. The molecule has 3 aliphatic heterocycles. The number of benzene rings is 2. The number of hydrogen-bond acceptors (Lipinski definition) is 9. The second-order valence-corrected chi connectivity index (χ2v) is 19.0. The van der Waals surface area contributed by atoms with Crippen LogP contribution in [0.25, 0.3) is 11.3 Å². The van der Waals surface area contributed by atoms with E-state index in [1.54, 1.807) is 9.80 Å². The van der Waals surface area contributed by atoms with E-state index in [9.17, 15) is 32.8 Å². The van der Waals surface area contributed by atoms with Crippen molar-refractivity contribution in [2.45, 2.75) is 59.2 Å². The van der Waals surface area contributed by atoms with E-state index >= 15 is 0 Å². The molecule has 0 bridgehead atoms. The van der Waals surface area contributed by atoms with Gasteiger partial charge in [-0.05, 0) is 71.9 Å². The van der Waals surface area contributed by atoms with Crippen molar-refractivity contribution in [3.63, 3.8) is 0 Å². The highest BCUT2D eigenvalue weighted by atomic mass is 79.9. The number of carbonyl (C=O) groups excluding carboxylic acids is 5. The van der Waals surface area contributed by atoms with Crippen molar-refractivity contribution in [3.8, 4) is 17.0 Å². The van der Waals surface area contributed by atoms with Crippen LogP contribution in [0, 0.1) is 23.5 Å². The number of fused-ring (bicyclic) bond motifs is 1. The van der Waals surface area contributed by atoms with E-state index in [0.29, 0.717) is 76.4 Å². The average Bonchev–Trinajstić information content (AvgIpc) is 3.87. The average molecular weight is 980 g/mol. The maximum absolute atomic E-state index is 14.8. The van der Waals surface area contributed by atoms with Gasteiger partial charge in [0.2, 0.25) is 5.82 Å². The zero-order valence-corrected chi connectivity index (χ0v) is 39.9. The minimum absolute atomic E-state index is 0. The monoisotopic (exact) mass is 978 g/mol. The molecule has 3 saturated heterocycles. The number of methoxy groups -OCH3 is 1. The van der Waals surface area contributed by atoms with Crippen molar-refractivity contribution in [1.82, 2.24) is 29.6 Å². The van der Waals surface area contributed by atoms with Gasteiger partial charge in [-0.1, -0.05) is 11.6 Å². The number of rotatable bonds is 11. The Morgan fingerprint density at radius 3 is 2.09 bits per heavy atom. The van der Waals surface area contributed by atoms with E-state index in [0.717, 1.165) is 0 Å². The van der Waals surface area contributed by atoms with Crippen molar-refractivity contribution < 1.29 is 68.4 Å². The van der Waals surface area contributed by atoms with Gasteiger partial charge >= 0.3 is 18.1 Å². The van der Waals surface area contributed by atoms with Crippen LogP contribution in [-0.4, -0.2) is 149 Å². The number of nitrogens with zero attached hydrogens (tertiary/aromatic N) is 6. The number of amides is 5. The van der Waals surface area contributed by atoms with Crippen LogP contribution in [0.4, 0.5) is 24.1 Å². The third kappa shape index (κ3) is 11.8. The van der Waals surface area contributed by atoms with Crippen molar-refractivity contribution in [3.05, 3.63) is 64.6 Å². The van der Waals surface area contributed by atoms with Crippen molar-refractivity contribution >= 4 is 47.2 Å². The molecule has 3 aromatic rings. The molecule has 0 aliphatic carbocycles. The van der Waals surface area contributed by atoms with Crippen LogP contribution < -0.4 is 32.4 Å². The summed E-state index contributed by atoms with van der Waals surface area (Å²) in [4.78, 5) is 75.3. The van der Waals surface area contributed by atoms with Crippen LogP contribution in [0.2, 0.25) is 5.02 Å². The Balaban J connectivity index is 0.00000771. The van der Waals surface area contributed by atoms with E-state index in [1.807, 2.05) is 46.4 Å². The lowest BCUT2D eigenvalue weighted by Gasteiger charge is -2.38. The van der Waals surface area contributed by atoms with Gasteiger partial charge in [0.25, 0.3) is 11.8 Å². The summed E-state index contributed by atoms with van der Waals surface area (Å²) in [6, 6.07) is 7.03. The van der Waals surface area contributed by atoms with Gasteiger partial charge in [0.15, 0.2) is 23.9 Å². The van der Waals surface area contributed by atoms with Gasteiger partial charge in [-0.25, -0.2) is 23.8 Å². The molecule has 3 aliphatic rings. The molecule has 3 fully saturated rings. The molecule has 0 radical (unpaired) electrons. The Morgan fingerprint density at radius 1 is 0.875 bits per heavy atom. The van der Waals surface area contributed by atoms with Crippen LogP contribution >= 0.6 is 11.6 Å². The molecule has 20 heteroatoms. The number of nitrogens with one attached hydrogen (secondary N) is 2. The van der Waals surface area contributed by atoms with E-state index < -0.39 is 34.8 Å². The first kappa shape index (κ1) is 50.0. The minimum atomic E-state index is -1.16. The Kier molecular flexibility index (Phi) is 15.6. The number of quaternary nitrogens is 1. The number of ether oxygens (including phenoxy) is 3. The molecular formula is C44H58BrClF2N8O8. The summed E-state index contributed by atoms with van der Waals surface area (Å²) < 4.78 is 47.0. The van der Waals surface area contributed by atoms with Gasteiger partial charge < -0.3 is 65.6 Å². The topological polar surface area (TPSA) is 165 Å². The molecule has 0 spiro atoms. The lowest BCUT2D eigenvalue weighted by atomic mass is 10.0. The number of carbonyl (C=O) groups is 5. The Hall–Kier alpha value is -5.01. The van der Waals surface area contributed by atoms with E-state index in [4.69, 9.17) is 25.8 Å². The SMILES string of the molecule is COc1ccc(-c2cnc(C(=O)Nc3ccc(C(=O)N4CCN(C(=O)N5C[C@@H]6C[N+](CCCNC(=O)OC(C)(C)C)(CC(=O)OC(C)(C)C)C[C@@H]6C5)CC4)c(Cl)c3)n2C)c(F)c1F.[Br-]. The van der Waals surface area contributed by atoms with Crippen LogP contribution in [0.3, 0.4) is 0 Å². The first-order chi connectivity index (χ1) is 29.6. The van der Waals surface area contributed by atoms with Crippen molar-refractivity contribution in [2.75, 3.05) is 84.4 Å². The Bertz CT molecular complexity index is 2230. The number of halogens is 4. The molecule has 16 nitrogen and oxygen atoms in total. The molecule has 64 heavy (non-hydrogen) atoms. The number of urea groups is 1. The summed E-state index contributed by atoms with van der Waals surface area (Å²) >= 11 is 6.57. The standard InChI is InChI=1S/C44H57ClF2N8O8.BrH/c1-43(2,3)62-35(56)26-55(19-9-14-48-41(59)63-44(4,5)6)24-27-22-54(23-28(27)25-55)42(60)53-17-15-52(16-18-53)40(58)30-11-10-29(20-32(30)45)50-39(57)38-49-21-33(51(38)7)31-12-13-34(61-8)37(47)36(31)46;/h10-13,20-21,27-28H,9,14-19,22-26H2,1-8H3,(H-,48,50,57,58,59);1H/t27-,28+,55?;. The van der Waals surface area contributed by atoms with Crippen LogP contribution in [0.1, 0.15) is 68.9 Å². The molecule has 2 aromatic carbocycles. The summed E-state index contributed by atoms with van der Waals surface area (Å²) in [5, 5.41) is 5.61. The summed E-state index contributed by atoms with van der Waals surface area (Å²) in [6.07, 6.45) is 1.43. The third-order valence-electron chi connectivity index (χ3n) is 11.5. The summed E-state index contributed by atoms with van der Waals surface area (Å²) in [7, 11) is 2.72. The fourth-order valence-electron chi connectivity index (χ4n) is 8.72. The first-order valence-electron chi connectivity index (χ1n) is 21.1. The smallest absolute Gasteiger partial charge is 0.407 e. The van der Waals surface area contributed by atoms with E-state index in [1.165, 1.54) is 55.3 Å². The normalized spacial score (nSPS) is 19.7. The molecule has 6 rings (SSSR count). The predicted octanol–water partition coefficient (Wildman–Crippen LogP) is 2.80. The number of imidazole rings is 1. The molecule has 3 atom stereocenters. The summed E-state index contributed by atoms with van der Waals surface area (Å²) in [5.74, 6) is -3.46. The number of hydrogen-bond donors (Lipinski definition) is 2. The fourth-order valence-corrected chi connectivity index (χ4v) is 8.98. The van der Waals surface area contributed by atoms with Crippen LogP contribution in [0.5, 0.6) is 5.75 Å². The Morgan fingerprint density at radius 2 is 1.50 bits per heavy atom. The van der Waals surface area contributed by atoms with Crippen molar-refractivity contribution in [2.24, 2.45) is 18.9 Å². The lowest BCUT2D eigenvalue weighted by Crippen LogP contribution is -3.00. The zero-order valence-electron chi connectivity index (χ0n) is 37.6. The molecule has 0 saturated carbocycles. The van der Waals surface area contributed by atoms with Gasteiger partial charge in [0.05, 0.1) is 49.2 Å². The van der Waals surface area contributed by atoms with Gasteiger partial charge in [0, 0.05) is 82.4 Å². The van der Waals surface area contributed by atoms with Gasteiger partial charge in [-0.15, -0.1) is 0 Å². The van der Waals surface area contributed by atoms with E-state index in [2.05, 4.69) is 15.6 Å². The summed E-state index contributed by atoms with van der Waals surface area (Å²) in [6.45, 7) is 16.1. The molecule has 1 unspecified atom stereocenters. The van der Waals surface area contributed by atoms with Gasteiger partial charge in [-0.2, -0.15) is 4.39 Å². The largest absolute Gasteiger partial charge is 1.00 e. The van der Waals surface area contributed by atoms with Gasteiger partial charge in [0.1, 0.15) is 11.2 Å². The second-order valence-electron chi connectivity index (χ2n) is 18.6. The summed E-state index contributed by atoms with van der Waals surface area (Å²) in [5.41, 5.74) is -0.641. The predicted molar refractivity (Wildman–Crippen MR) is 230 cm³/mol. The first-order valence-corrected chi connectivity index (χ1v) is 21.5. The molecule has 4 heterocycles. The van der Waals surface area contributed by atoms with Crippen LogP contribution in [0.15, 0.2) is 36.5 Å². The van der Waals surface area contributed by atoms with Crippen molar-refractivity contribution in [1.29, 1.82) is 0 Å². The molecule has 2 N–H and O–H groups in total. The fraction of sp³-hybridized carbons (Fsp3) is 0.545. The third-order valence-corrected chi connectivity index (χ3v) is 11.8. The molecule has 5 amide bonds. The number of anilines is 1. The lowest BCUT2D eigenvalue weighted by molar-refractivity contribution is -0.912. The van der Waals surface area contributed by atoms with E-state index in [-0.39, 0.29) is 92.4 Å². The molecule has 350 valence electrons. The number of alkyl carbamates (subject to hydrolysis) is 1. The highest BCUT2D eigenvalue weighted by Crippen LogP contribution is 2.37. The van der Waals surface area contributed by atoms with Crippen LogP contribution in [-0.2, 0) is 21.3 Å². The quantitative estimate of drug-likeness (QED) is 0.167.